The van der Waals surface area contributed by atoms with Gasteiger partial charge in [0.2, 0.25) is 5.91 Å². The number of carbonyl (C=O) groups is 2. The minimum atomic E-state index is -0.433. The van der Waals surface area contributed by atoms with Crippen molar-refractivity contribution < 1.29 is 19.1 Å². The van der Waals surface area contributed by atoms with Crippen LogP contribution in [-0.4, -0.2) is 38.2 Å². The van der Waals surface area contributed by atoms with Crippen molar-refractivity contribution in [3.05, 3.63) is 23.8 Å². The summed E-state index contributed by atoms with van der Waals surface area (Å²) in [5, 5.41) is 6.07. The molecule has 0 aliphatic carbocycles. The molecule has 1 fully saturated rings. The van der Waals surface area contributed by atoms with Crippen molar-refractivity contribution in [1.29, 1.82) is 0 Å². The Morgan fingerprint density at radius 1 is 1.43 bits per heavy atom. The molecule has 1 aliphatic heterocycles. The Kier molecular flexibility index (Phi) is 5.16. The molecular formula is C15H20N2O4. The molecule has 0 bridgehead atoms. The first-order valence-corrected chi connectivity index (χ1v) is 6.94. The molecule has 1 atom stereocenters. The van der Waals surface area contributed by atoms with Crippen molar-refractivity contribution in [3.8, 4) is 5.75 Å². The van der Waals surface area contributed by atoms with E-state index in [-0.39, 0.29) is 18.6 Å². The van der Waals surface area contributed by atoms with E-state index in [9.17, 15) is 9.59 Å². The molecule has 1 heterocycles. The number of benzene rings is 1. The quantitative estimate of drug-likeness (QED) is 0.798. The highest BCUT2D eigenvalue weighted by molar-refractivity contribution is 5.95. The molecule has 1 aromatic rings. The summed E-state index contributed by atoms with van der Waals surface area (Å²) >= 11 is 0. The molecule has 0 radical (unpaired) electrons. The number of ether oxygens (including phenoxy) is 2. The van der Waals surface area contributed by atoms with Crippen molar-refractivity contribution in [1.82, 2.24) is 5.32 Å². The Bertz CT molecular complexity index is 524. The van der Waals surface area contributed by atoms with Crippen LogP contribution >= 0.6 is 0 Å². The van der Waals surface area contributed by atoms with E-state index in [4.69, 9.17) is 4.74 Å². The molecule has 1 aromatic carbocycles. The Morgan fingerprint density at radius 2 is 2.24 bits per heavy atom. The number of methoxy groups -OCH3 is 1. The molecule has 0 saturated carbocycles. The molecule has 6 heteroatoms. The topological polar surface area (TPSA) is 76.7 Å². The average Bonchev–Trinajstić information content (AvgIpc) is 3.01. The lowest BCUT2D eigenvalue weighted by atomic mass is 10.1. The summed E-state index contributed by atoms with van der Waals surface area (Å²) < 4.78 is 9.81. The normalized spacial score (nSPS) is 17.3. The van der Waals surface area contributed by atoms with Crippen LogP contribution in [0.1, 0.15) is 18.4 Å². The number of carbonyl (C=O) groups excluding carboxylic acids is 2. The molecule has 0 spiro atoms. The number of nitrogens with one attached hydrogen (secondary N) is 2. The number of rotatable bonds is 5. The molecule has 2 N–H and O–H groups in total. The summed E-state index contributed by atoms with van der Waals surface area (Å²) in [6.07, 6.45) is 1.89. The molecule has 6 nitrogen and oxygen atoms in total. The van der Waals surface area contributed by atoms with Crippen LogP contribution in [0.15, 0.2) is 18.2 Å². The van der Waals surface area contributed by atoms with Crippen LogP contribution in [0.3, 0.4) is 0 Å². The van der Waals surface area contributed by atoms with Crippen LogP contribution in [0.5, 0.6) is 5.75 Å². The van der Waals surface area contributed by atoms with Gasteiger partial charge in [-0.05, 0) is 50.1 Å². The number of aryl methyl sites for hydroxylation is 1. The molecule has 1 unspecified atom stereocenters. The first kappa shape index (κ1) is 15.3. The van der Waals surface area contributed by atoms with Crippen LogP contribution in [0.4, 0.5) is 5.69 Å². The van der Waals surface area contributed by atoms with E-state index in [0.717, 1.165) is 30.6 Å². The molecule has 21 heavy (non-hydrogen) atoms. The zero-order valence-electron chi connectivity index (χ0n) is 12.3. The lowest BCUT2D eigenvalue weighted by Crippen LogP contribution is -2.35. The lowest BCUT2D eigenvalue weighted by molar-refractivity contribution is -0.142. The highest BCUT2D eigenvalue weighted by atomic mass is 16.6. The number of anilines is 1. The highest BCUT2D eigenvalue weighted by Crippen LogP contribution is 2.22. The lowest BCUT2D eigenvalue weighted by Gasteiger charge is -2.14. The van der Waals surface area contributed by atoms with E-state index >= 15 is 0 Å². The predicted octanol–water partition coefficient (Wildman–Crippen LogP) is 1.24. The van der Waals surface area contributed by atoms with Gasteiger partial charge in [-0.25, -0.2) is 4.79 Å². The fourth-order valence-corrected chi connectivity index (χ4v) is 2.20. The number of hydrogen-bond acceptors (Lipinski definition) is 5. The van der Waals surface area contributed by atoms with Gasteiger partial charge in [-0.3, -0.25) is 4.79 Å². The Labute approximate surface area is 123 Å². The number of amides is 1. The van der Waals surface area contributed by atoms with Gasteiger partial charge in [0.25, 0.3) is 0 Å². The summed E-state index contributed by atoms with van der Waals surface area (Å²) in [6, 6.07) is 5.16. The van der Waals surface area contributed by atoms with Crippen LogP contribution in [-0.2, 0) is 14.3 Å². The SMILES string of the molecule is COC(=O)COc1ccc(NC(=O)C2CCCN2)c(C)c1. The van der Waals surface area contributed by atoms with Crippen molar-refractivity contribution in [2.75, 3.05) is 25.6 Å². The van der Waals surface area contributed by atoms with E-state index in [2.05, 4.69) is 15.4 Å². The first-order valence-electron chi connectivity index (χ1n) is 6.94. The summed E-state index contributed by atoms with van der Waals surface area (Å²) in [5.74, 6) is 0.117. The highest BCUT2D eigenvalue weighted by Gasteiger charge is 2.22. The predicted molar refractivity (Wildman–Crippen MR) is 78.3 cm³/mol. The smallest absolute Gasteiger partial charge is 0.343 e. The van der Waals surface area contributed by atoms with Crippen LogP contribution < -0.4 is 15.4 Å². The Morgan fingerprint density at radius 3 is 2.86 bits per heavy atom. The maximum Gasteiger partial charge on any atom is 0.343 e. The largest absolute Gasteiger partial charge is 0.482 e. The molecule has 114 valence electrons. The van der Waals surface area contributed by atoms with Gasteiger partial charge in [0.05, 0.1) is 13.2 Å². The standard InChI is InChI=1S/C15H20N2O4/c1-10-8-11(21-9-14(18)20-2)5-6-12(10)17-15(19)13-4-3-7-16-13/h5-6,8,13,16H,3-4,7,9H2,1-2H3,(H,17,19). The van der Waals surface area contributed by atoms with Gasteiger partial charge in [-0.15, -0.1) is 0 Å². The van der Waals surface area contributed by atoms with Gasteiger partial charge in [0, 0.05) is 5.69 Å². The molecule has 0 aromatic heterocycles. The van der Waals surface area contributed by atoms with E-state index in [1.165, 1.54) is 7.11 Å². The number of esters is 1. The molecule has 1 saturated heterocycles. The van der Waals surface area contributed by atoms with Gasteiger partial charge in [0.1, 0.15) is 5.75 Å². The second-order valence-electron chi connectivity index (χ2n) is 4.98. The van der Waals surface area contributed by atoms with Gasteiger partial charge >= 0.3 is 5.97 Å². The third kappa shape index (κ3) is 4.19. The summed E-state index contributed by atoms with van der Waals surface area (Å²) in [6.45, 7) is 2.63. The zero-order valence-corrected chi connectivity index (χ0v) is 12.3. The molecular weight excluding hydrogens is 272 g/mol. The van der Waals surface area contributed by atoms with Gasteiger partial charge in [-0.2, -0.15) is 0 Å². The average molecular weight is 292 g/mol. The van der Waals surface area contributed by atoms with Crippen molar-refractivity contribution in [3.63, 3.8) is 0 Å². The minimum Gasteiger partial charge on any atom is -0.482 e. The monoisotopic (exact) mass is 292 g/mol. The van der Waals surface area contributed by atoms with Crippen molar-refractivity contribution >= 4 is 17.6 Å². The van der Waals surface area contributed by atoms with Crippen molar-refractivity contribution in [2.45, 2.75) is 25.8 Å². The third-order valence-electron chi connectivity index (χ3n) is 3.42. The summed E-state index contributed by atoms with van der Waals surface area (Å²) in [5.41, 5.74) is 1.63. The van der Waals surface area contributed by atoms with Crippen LogP contribution in [0.25, 0.3) is 0 Å². The van der Waals surface area contributed by atoms with E-state index in [1.54, 1.807) is 18.2 Å². The molecule has 2 rings (SSSR count). The second kappa shape index (κ2) is 7.08. The van der Waals surface area contributed by atoms with Gasteiger partial charge in [-0.1, -0.05) is 0 Å². The first-order chi connectivity index (χ1) is 10.1. The third-order valence-corrected chi connectivity index (χ3v) is 3.42. The zero-order chi connectivity index (χ0) is 15.2. The van der Waals surface area contributed by atoms with E-state index in [1.807, 2.05) is 6.92 Å². The van der Waals surface area contributed by atoms with E-state index < -0.39 is 5.97 Å². The van der Waals surface area contributed by atoms with Crippen molar-refractivity contribution in [2.24, 2.45) is 0 Å². The van der Waals surface area contributed by atoms with Crippen LogP contribution in [0, 0.1) is 6.92 Å². The van der Waals surface area contributed by atoms with Gasteiger partial charge in [0.15, 0.2) is 6.61 Å². The second-order valence-corrected chi connectivity index (χ2v) is 4.98. The minimum absolute atomic E-state index is 0.0150. The maximum absolute atomic E-state index is 12.0. The molecule has 1 aliphatic rings. The maximum atomic E-state index is 12.0. The number of hydrogen-bond donors (Lipinski definition) is 2. The fraction of sp³-hybridized carbons (Fsp3) is 0.467. The van der Waals surface area contributed by atoms with E-state index in [0.29, 0.717) is 5.75 Å². The Hall–Kier alpha value is -2.08. The Balaban J connectivity index is 1.95. The van der Waals surface area contributed by atoms with Gasteiger partial charge < -0.3 is 20.1 Å². The fourth-order valence-electron chi connectivity index (χ4n) is 2.20. The summed E-state index contributed by atoms with van der Waals surface area (Å²) in [4.78, 5) is 23.1. The summed E-state index contributed by atoms with van der Waals surface area (Å²) in [7, 11) is 1.31. The van der Waals surface area contributed by atoms with Crippen LogP contribution in [0.2, 0.25) is 0 Å². The molecule has 1 amide bonds.